The minimum Gasteiger partial charge on any atom is -0.330 e. The van der Waals surface area contributed by atoms with Crippen molar-refractivity contribution in [2.45, 2.75) is 78.1 Å². The summed E-state index contributed by atoms with van der Waals surface area (Å²) in [5, 5.41) is 0. The Hall–Kier alpha value is -0.170. The molecule has 0 fully saturated rings. The Balaban J connectivity index is 0. The Bertz CT molecular complexity index is 260. The number of unbranched alkanes of at least 4 members (excludes halogenated alkanes) is 8. The molecule has 20 heavy (non-hydrogen) atoms. The van der Waals surface area contributed by atoms with E-state index in [-0.39, 0.29) is 6.61 Å². The van der Waals surface area contributed by atoms with E-state index in [2.05, 4.69) is 11.1 Å². The fourth-order valence-corrected chi connectivity index (χ4v) is 1.92. The average molecular weight is 311 g/mol. The van der Waals surface area contributed by atoms with Crippen molar-refractivity contribution >= 4 is 10.4 Å². The topological polar surface area (TPSA) is 89.6 Å². The molecule has 0 unspecified atom stereocenters. The molecule has 0 radical (unpaired) electrons. The van der Waals surface area contributed by atoms with Gasteiger partial charge in [-0.2, -0.15) is 8.42 Å². The van der Waals surface area contributed by atoms with Gasteiger partial charge in [0.25, 0.3) is 0 Å². The van der Waals surface area contributed by atoms with E-state index in [0.717, 1.165) is 13.0 Å². The van der Waals surface area contributed by atoms with Crippen molar-refractivity contribution in [3.63, 3.8) is 0 Å². The number of hydrogen-bond donors (Lipinski definition) is 2. The Labute approximate surface area is 125 Å². The molecule has 0 atom stereocenters. The van der Waals surface area contributed by atoms with E-state index in [1.807, 2.05) is 6.92 Å². The molecule has 0 amide bonds. The molecule has 124 valence electrons. The third-order valence-corrected chi connectivity index (χ3v) is 3.25. The molecular weight excluding hydrogens is 278 g/mol. The first-order valence-corrected chi connectivity index (χ1v) is 9.16. The predicted octanol–water partition coefficient (Wildman–Crippen LogP) is 3.69. The van der Waals surface area contributed by atoms with Crippen LogP contribution in [0.5, 0.6) is 0 Å². The van der Waals surface area contributed by atoms with E-state index in [0.29, 0.717) is 6.42 Å². The van der Waals surface area contributed by atoms with Gasteiger partial charge in [0.2, 0.25) is 0 Å². The fraction of sp³-hybridized carbons (Fsp3) is 1.00. The summed E-state index contributed by atoms with van der Waals surface area (Å²) >= 11 is 0. The van der Waals surface area contributed by atoms with E-state index in [4.69, 9.17) is 10.3 Å². The van der Waals surface area contributed by atoms with Crippen LogP contribution in [0.3, 0.4) is 0 Å². The highest BCUT2D eigenvalue weighted by atomic mass is 32.3. The molecule has 0 bridgehead atoms. The molecule has 0 heterocycles. The summed E-state index contributed by atoms with van der Waals surface area (Å²) in [5.41, 5.74) is 5.39. The first kappa shape index (κ1) is 22.1. The van der Waals surface area contributed by atoms with Crippen molar-refractivity contribution in [3.8, 4) is 0 Å². The molecule has 0 aromatic heterocycles. The summed E-state index contributed by atoms with van der Waals surface area (Å²) in [7, 11) is -4.20. The molecule has 0 spiro atoms. The van der Waals surface area contributed by atoms with Crippen LogP contribution in [-0.4, -0.2) is 26.1 Å². The van der Waals surface area contributed by atoms with Crippen molar-refractivity contribution in [1.82, 2.24) is 0 Å². The van der Waals surface area contributed by atoms with Crippen LogP contribution in [0, 0.1) is 0 Å². The van der Waals surface area contributed by atoms with Gasteiger partial charge in [-0.25, -0.2) is 4.18 Å². The van der Waals surface area contributed by atoms with E-state index in [1.54, 1.807) is 0 Å². The van der Waals surface area contributed by atoms with E-state index < -0.39 is 10.4 Å². The van der Waals surface area contributed by atoms with E-state index >= 15 is 0 Å². The number of hydrogen-bond acceptors (Lipinski definition) is 4. The van der Waals surface area contributed by atoms with Gasteiger partial charge >= 0.3 is 10.4 Å². The van der Waals surface area contributed by atoms with Crippen LogP contribution in [0.2, 0.25) is 0 Å². The molecule has 6 heteroatoms. The Morgan fingerprint density at radius 1 is 0.850 bits per heavy atom. The maximum atomic E-state index is 9.84. The summed E-state index contributed by atoms with van der Waals surface area (Å²) in [6, 6.07) is 0. The van der Waals surface area contributed by atoms with Crippen molar-refractivity contribution < 1.29 is 17.2 Å². The van der Waals surface area contributed by atoms with Gasteiger partial charge in [0.1, 0.15) is 0 Å². The van der Waals surface area contributed by atoms with Gasteiger partial charge in [-0.15, -0.1) is 0 Å². The second kappa shape index (κ2) is 16.9. The zero-order chi connectivity index (χ0) is 15.7. The Morgan fingerprint density at radius 3 is 1.70 bits per heavy atom. The van der Waals surface area contributed by atoms with Crippen molar-refractivity contribution in [1.29, 1.82) is 0 Å². The third kappa shape index (κ3) is 26.4. The largest absolute Gasteiger partial charge is 0.397 e. The number of rotatable bonds is 12. The average Bonchev–Trinajstić information content (AvgIpc) is 2.38. The zero-order valence-electron chi connectivity index (χ0n) is 13.1. The standard InChI is InChI=1S/C10H23N.C4H10O4S/c1-2-3-4-5-6-7-8-9-10-11;1-2-3-4-8-9(5,6)7/h2-11H2,1H3;2-4H2,1H3,(H,5,6,7). The molecule has 0 aromatic carbocycles. The molecule has 0 aromatic rings. The lowest BCUT2D eigenvalue weighted by molar-refractivity contribution is 0.264. The lowest BCUT2D eigenvalue weighted by Gasteiger charge is -1.99. The highest BCUT2D eigenvalue weighted by Crippen LogP contribution is 2.07. The van der Waals surface area contributed by atoms with Crippen molar-refractivity contribution in [2.24, 2.45) is 5.73 Å². The minimum absolute atomic E-state index is 0.0648. The molecule has 0 rings (SSSR count). The van der Waals surface area contributed by atoms with Gasteiger partial charge in [-0.3, -0.25) is 4.55 Å². The van der Waals surface area contributed by atoms with Crippen LogP contribution in [0.1, 0.15) is 78.1 Å². The van der Waals surface area contributed by atoms with Gasteiger partial charge in [0.15, 0.2) is 0 Å². The second-order valence-corrected chi connectivity index (χ2v) is 5.96. The maximum absolute atomic E-state index is 9.84. The summed E-state index contributed by atoms with van der Waals surface area (Å²) < 4.78 is 31.7. The molecule has 0 aliphatic rings. The first-order chi connectivity index (χ1) is 9.47. The molecule has 0 saturated heterocycles. The van der Waals surface area contributed by atoms with Crippen LogP contribution in [0.4, 0.5) is 0 Å². The smallest absolute Gasteiger partial charge is 0.330 e. The summed E-state index contributed by atoms with van der Waals surface area (Å²) in [5.74, 6) is 0. The molecular formula is C14H33NO4S. The number of nitrogens with two attached hydrogens (primary N) is 1. The summed E-state index contributed by atoms with van der Waals surface area (Å²) in [6.45, 7) is 5.09. The molecule has 0 aliphatic carbocycles. The molecule has 0 aliphatic heterocycles. The maximum Gasteiger partial charge on any atom is 0.397 e. The second-order valence-electron chi connectivity index (χ2n) is 4.87. The van der Waals surface area contributed by atoms with Gasteiger partial charge in [0, 0.05) is 0 Å². The van der Waals surface area contributed by atoms with E-state index in [9.17, 15) is 8.42 Å². The third-order valence-electron chi connectivity index (χ3n) is 2.79. The highest BCUT2D eigenvalue weighted by molar-refractivity contribution is 7.80. The highest BCUT2D eigenvalue weighted by Gasteiger charge is 2.01. The van der Waals surface area contributed by atoms with Crippen LogP contribution in [-0.2, 0) is 14.6 Å². The van der Waals surface area contributed by atoms with Crippen molar-refractivity contribution in [2.75, 3.05) is 13.2 Å². The van der Waals surface area contributed by atoms with Gasteiger partial charge in [0.05, 0.1) is 6.61 Å². The van der Waals surface area contributed by atoms with Crippen LogP contribution >= 0.6 is 0 Å². The lowest BCUT2D eigenvalue weighted by Crippen LogP contribution is -2.04. The zero-order valence-corrected chi connectivity index (χ0v) is 14.0. The van der Waals surface area contributed by atoms with Crippen molar-refractivity contribution in [3.05, 3.63) is 0 Å². The van der Waals surface area contributed by atoms with E-state index in [1.165, 1.54) is 51.4 Å². The van der Waals surface area contributed by atoms with Gasteiger partial charge in [-0.05, 0) is 19.4 Å². The monoisotopic (exact) mass is 311 g/mol. The normalized spacial score (nSPS) is 11.0. The predicted molar refractivity (Wildman–Crippen MR) is 84.1 cm³/mol. The molecule has 3 N–H and O–H groups in total. The summed E-state index contributed by atoms with van der Waals surface area (Å²) in [6.07, 6.45) is 12.5. The Kier molecular flexibility index (Phi) is 18.7. The van der Waals surface area contributed by atoms with Crippen LogP contribution < -0.4 is 5.73 Å². The van der Waals surface area contributed by atoms with Gasteiger partial charge < -0.3 is 5.73 Å². The quantitative estimate of drug-likeness (QED) is 0.424. The van der Waals surface area contributed by atoms with Gasteiger partial charge in [-0.1, -0.05) is 65.2 Å². The first-order valence-electron chi connectivity index (χ1n) is 7.79. The van der Waals surface area contributed by atoms with Crippen LogP contribution in [0.25, 0.3) is 0 Å². The van der Waals surface area contributed by atoms with Crippen LogP contribution in [0.15, 0.2) is 0 Å². The molecule has 5 nitrogen and oxygen atoms in total. The summed E-state index contributed by atoms with van der Waals surface area (Å²) in [4.78, 5) is 0. The molecule has 0 saturated carbocycles. The lowest BCUT2D eigenvalue weighted by atomic mass is 10.1. The SMILES string of the molecule is CCCCCCCCCCN.CCCCOS(=O)(=O)O. The fourth-order valence-electron chi connectivity index (χ4n) is 1.59. The Morgan fingerprint density at radius 2 is 1.30 bits per heavy atom. The minimum atomic E-state index is -4.20.